The van der Waals surface area contributed by atoms with E-state index in [1.807, 2.05) is 0 Å². The fourth-order valence-electron chi connectivity index (χ4n) is 1.55. The van der Waals surface area contributed by atoms with Crippen molar-refractivity contribution in [1.29, 1.82) is 0 Å². The predicted octanol–water partition coefficient (Wildman–Crippen LogP) is 4.06. The van der Waals surface area contributed by atoms with E-state index in [1.165, 1.54) is 6.07 Å². The Kier molecular flexibility index (Phi) is 6.21. The van der Waals surface area contributed by atoms with Gasteiger partial charge in [0, 0.05) is 12.3 Å². The van der Waals surface area contributed by atoms with Gasteiger partial charge in [-0.3, -0.25) is 0 Å². The molecule has 2 nitrogen and oxygen atoms in total. The van der Waals surface area contributed by atoms with Gasteiger partial charge in [0.2, 0.25) is 0 Å². The highest BCUT2D eigenvalue weighted by atomic mass is 32.2. The van der Waals surface area contributed by atoms with Crippen molar-refractivity contribution in [2.45, 2.75) is 18.2 Å². The second kappa shape index (κ2) is 7.26. The maximum Gasteiger partial charge on any atom is 0.441 e. The average Bonchev–Trinajstić information content (AvgIpc) is 2.34. The molecule has 9 heteroatoms. The molecule has 0 atom stereocenters. The molecular formula is C12H13F6NOS. The van der Waals surface area contributed by atoms with Crippen LogP contribution in [-0.2, 0) is 12.7 Å². The van der Waals surface area contributed by atoms with Crippen LogP contribution < -0.4 is 10.1 Å². The first kappa shape index (κ1) is 18.0. The summed E-state index contributed by atoms with van der Waals surface area (Å²) in [6.07, 6.45) is -4.63. The van der Waals surface area contributed by atoms with Gasteiger partial charge >= 0.3 is 11.7 Å². The van der Waals surface area contributed by atoms with Crippen LogP contribution in [0.5, 0.6) is 5.75 Å². The van der Waals surface area contributed by atoms with Crippen molar-refractivity contribution in [2.75, 3.05) is 19.4 Å². The highest BCUT2D eigenvalue weighted by Gasteiger charge is 2.35. The van der Waals surface area contributed by atoms with Gasteiger partial charge in [-0.15, -0.1) is 0 Å². The second-order valence-electron chi connectivity index (χ2n) is 4.00. The van der Waals surface area contributed by atoms with Crippen LogP contribution in [0.15, 0.2) is 18.2 Å². The maximum absolute atomic E-state index is 12.9. The van der Waals surface area contributed by atoms with Gasteiger partial charge in [-0.05, 0) is 36.5 Å². The molecule has 120 valence electrons. The first-order valence-corrected chi connectivity index (χ1v) is 6.80. The molecule has 0 bridgehead atoms. The van der Waals surface area contributed by atoms with Gasteiger partial charge in [0.25, 0.3) is 0 Å². The number of hydrogen-bond donors (Lipinski definition) is 1. The lowest BCUT2D eigenvalue weighted by molar-refractivity contribution is -0.139. The molecule has 21 heavy (non-hydrogen) atoms. The fourth-order valence-corrected chi connectivity index (χ4v) is 1.95. The smallest absolute Gasteiger partial charge is 0.441 e. The topological polar surface area (TPSA) is 21.3 Å². The number of thioether (sulfide) groups is 1. The van der Waals surface area contributed by atoms with Gasteiger partial charge in [-0.1, -0.05) is 6.07 Å². The van der Waals surface area contributed by atoms with E-state index in [0.717, 1.165) is 12.1 Å². The zero-order chi connectivity index (χ0) is 16.1. The monoisotopic (exact) mass is 333 g/mol. The minimum atomic E-state index is -4.63. The van der Waals surface area contributed by atoms with E-state index in [1.54, 1.807) is 7.05 Å². The molecule has 0 saturated heterocycles. The number of rotatable bonds is 6. The molecule has 0 aromatic heterocycles. The highest BCUT2D eigenvalue weighted by Crippen LogP contribution is 2.37. The summed E-state index contributed by atoms with van der Waals surface area (Å²) in [5, 5.41) is 2.71. The summed E-state index contributed by atoms with van der Waals surface area (Å²) in [5.41, 5.74) is -5.01. The Morgan fingerprint density at radius 1 is 1.14 bits per heavy atom. The minimum Gasteiger partial charge on any atom is -0.492 e. The van der Waals surface area contributed by atoms with E-state index in [2.05, 4.69) is 5.32 Å². The lowest BCUT2D eigenvalue weighted by Gasteiger charge is -2.15. The van der Waals surface area contributed by atoms with E-state index in [4.69, 9.17) is 4.74 Å². The van der Waals surface area contributed by atoms with Crippen LogP contribution in [0.1, 0.15) is 11.1 Å². The van der Waals surface area contributed by atoms with Gasteiger partial charge < -0.3 is 10.1 Å². The SMILES string of the molecule is CNCc1ccc(OCCSC(F)(F)F)c(C(F)(F)F)c1. The zero-order valence-electron chi connectivity index (χ0n) is 10.9. The first-order valence-electron chi connectivity index (χ1n) is 5.81. The van der Waals surface area contributed by atoms with Gasteiger partial charge in [-0.25, -0.2) is 0 Å². The lowest BCUT2D eigenvalue weighted by atomic mass is 10.1. The number of hydrogen-bond acceptors (Lipinski definition) is 3. The Labute approximate surface area is 121 Å². The quantitative estimate of drug-likeness (QED) is 0.627. The Morgan fingerprint density at radius 2 is 1.81 bits per heavy atom. The molecule has 1 rings (SSSR count). The first-order chi connectivity index (χ1) is 9.63. The van der Waals surface area contributed by atoms with E-state index >= 15 is 0 Å². The average molecular weight is 333 g/mol. The van der Waals surface area contributed by atoms with E-state index in [-0.39, 0.29) is 18.3 Å². The standard InChI is InChI=1S/C12H13F6NOS/c1-19-7-8-2-3-10(9(6-8)11(13,14)15)20-4-5-21-12(16,17)18/h2-3,6,19H,4-5,7H2,1H3. The summed E-state index contributed by atoms with van der Waals surface area (Å²) in [5.74, 6) is -0.941. The predicted molar refractivity (Wildman–Crippen MR) is 68.2 cm³/mol. The van der Waals surface area contributed by atoms with Crippen molar-refractivity contribution in [3.63, 3.8) is 0 Å². The van der Waals surface area contributed by atoms with Crippen molar-refractivity contribution in [2.24, 2.45) is 0 Å². The zero-order valence-corrected chi connectivity index (χ0v) is 11.8. The molecule has 1 aromatic carbocycles. The van der Waals surface area contributed by atoms with Crippen LogP contribution >= 0.6 is 11.8 Å². The van der Waals surface area contributed by atoms with Crippen molar-refractivity contribution in [1.82, 2.24) is 5.32 Å². The summed E-state index contributed by atoms with van der Waals surface area (Å²) in [7, 11) is 1.59. The third-order valence-corrected chi connectivity index (χ3v) is 3.04. The Morgan fingerprint density at radius 3 is 2.33 bits per heavy atom. The number of alkyl halides is 6. The molecule has 0 amide bonds. The Balaban J connectivity index is 2.77. The minimum absolute atomic E-state index is 0.243. The van der Waals surface area contributed by atoms with Crippen LogP contribution in [0.4, 0.5) is 26.3 Å². The molecule has 0 aliphatic carbocycles. The molecule has 0 heterocycles. The summed E-state index contributed by atoms with van der Waals surface area (Å²) >= 11 is -0.339. The highest BCUT2D eigenvalue weighted by molar-refractivity contribution is 8.00. The van der Waals surface area contributed by atoms with Crippen LogP contribution in [0.2, 0.25) is 0 Å². The molecule has 0 radical (unpaired) electrons. The third-order valence-electron chi connectivity index (χ3n) is 2.34. The largest absolute Gasteiger partial charge is 0.492 e. The molecule has 0 fully saturated rings. The van der Waals surface area contributed by atoms with Gasteiger partial charge in [-0.2, -0.15) is 26.3 Å². The van der Waals surface area contributed by atoms with Gasteiger partial charge in [0.15, 0.2) is 0 Å². The van der Waals surface area contributed by atoms with Crippen molar-refractivity contribution < 1.29 is 31.1 Å². The van der Waals surface area contributed by atoms with Crippen LogP contribution in [0.3, 0.4) is 0 Å². The van der Waals surface area contributed by atoms with Gasteiger partial charge in [0.05, 0.1) is 12.2 Å². The maximum atomic E-state index is 12.9. The van der Waals surface area contributed by atoms with Crippen molar-refractivity contribution >= 4 is 11.8 Å². The molecule has 0 aliphatic rings. The Bertz CT molecular complexity index is 460. The summed E-state index contributed by atoms with van der Waals surface area (Å²) < 4.78 is 79.2. The molecule has 0 saturated carbocycles. The lowest BCUT2D eigenvalue weighted by Crippen LogP contribution is -2.13. The van der Waals surface area contributed by atoms with E-state index in [9.17, 15) is 26.3 Å². The van der Waals surface area contributed by atoms with Crippen LogP contribution in [0.25, 0.3) is 0 Å². The van der Waals surface area contributed by atoms with Crippen LogP contribution in [0, 0.1) is 0 Å². The normalized spacial score (nSPS) is 12.5. The Hall–Kier alpha value is -1.09. The fraction of sp³-hybridized carbons (Fsp3) is 0.500. The summed E-state index contributed by atoms with van der Waals surface area (Å²) in [6.45, 7) is -0.216. The summed E-state index contributed by atoms with van der Waals surface area (Å²) in [4.78, 5) is 0. The van der Waals surface area contributed by atoms with E-state index < -0.39 is 35.4 Å². The molecular weight excluding hydrogens is 320 g/mol. The van der Waals surface area contributed by atoms with E-state index in [0.29, 0.717) is 5.56 Å². The number of halogens is 6. The van der Waals surface area contributed by atoms with Crippen molar-refractivity contribution in [3.05, 3.63) is 29.3 Å². The molecule has 0 unspecified atom stereocenters. The third kappa shape index (κ3) is 6.47. The number of benzene rings is 1. The molecule has 0 spiro atoms. The summed E-state index contributed by atoms with van der Waals surface area (Å²) in [6, 6.07) is 3.47. The number of nitrogens with one attached hydrogen (secondary N) is 1. The molecule has 1 aromatic rings. The molecule has 1 N–H and O–H groups in total. The van der Waals surface area contributed by atoms with Crippen LogP contribution in [-0.4, -0.2) is 24.9 Å². The second-order valence-corrected chi connectivity index (χ2v) is 5.16. The molecule has 0 aliphatic heterocycles. The van der Waals surface area contributed by atoms with Crippen molar-refractivity contribution in [3.8, 4) is 5.75 Å². The number of ether oxygens (including phenoxy) is 1. The van der Waals surface area contributed by atoms with Gasteiger partial charge in [0.1, 0.15) is 5.75 Å².